The van der Waals surface area contributed by atoms with E-state index in [1.54, 1.807) is 4.68 Å². The zero-order valence-electron chi connectivity index (χ0n) is 16.8. The van der Waals surface area contributed by atoms with Gasteiger partial charge in [0.05, 0.1) is 18.3 Å². The summed E-state index contributed by atoms with van der Waals surface area (Å²) < 4.78 is 13.2. The molecule has 1 heterocycles. The van der Waals surface area contributed by atoms with Crippen LogP contribution in [0, 0.1) is 0 Å². The quantitative estimate of drug-likeness (QED) is 0.276. The van der Waals surface area contributed by atoms with Gasteiger partial charge in [-0.1, -0.05) is 35.6 Å². The van der Waals surface area contributed by atoms with Crippen molar-refractivity contribution in [2.45, 2.75) is 39.3 Å². The molecule has 2 aromatic rings. The fourth-order valence-electron chi connectivity index (χ4n) is 2.49. The van der Waals surface area contributed by atoms with E-state index in [1.165, 1.54) is 20.1 Å². The van der Waals surface area contributed by atoms with E-state index in [1.807, 2.05) is 18.2 Å². The van der Waals surface area contributed by atoms with E-state index in [-0.39, 0.29) is 11.6 Å². The van der Waals surface area contributed by atoms with E-state index in [2.05, 4.69) is 46.0 Å². The first kappa shape index (κ1) is 22.3. The predicted molar refractivity (Wildman–Crippen MR) is 115 cm³/mol. The number of rotatable bonds is 8. The van der Waals surface area contributed by atoms with Crippen LogP contribution in [-0.2, 0) is 25.8 Å². The van der Waals surface area contributed by atoms with Crippen LogP contribution in [0.4, 0.5) is 0 Å². The summed E-state index contributed by atoms with van der Waals surface area (Å²) >= 11 is 3.46. The maximum absolute atomic E-state index is 12.0. The number of halogens is 1. The molecule has 7 nitrogen and oxygen atoms in total. The summed E-state index contributed by atoms with van der Waals surface area (Å²) in [4.78, 5) is 23.4. The van der Waals surface area contributed by atoms with Crippen molar-refractivity contribution in [3.63, 3.8) is 0 Å². The zero-order chi connectivity index (χ0) is 20.9. The van der Waals surface area contributed by atoms with Crippen LogP contribution in [0.5, 0.6) is 0 Å². The highest BCUT2D eigenvalue weighted by atomic mass is 79.9. The summed E-state index contributed by atoms with van der Waals surface area (Å²) in [5.74, 6) is -1.00. The van der Waals surface area contributed by atoms with Crippen LogP contribution in [-0.4, -0.2) is 43.4 Å². The van der Waals surface area contributed by atoms with Crippen molar-refractivity contribution in [2.24, 2.45) is 0 Å². The molecule has 9 heteroatoms. The average Bonchev–Trinajstić information content (AvgIpc) is 2.93. The molecular formula is C19H26BrN3O4Si. The molecule has 1 N–H and O–H groups in total. The molecule has 0 fully saturated rings. The fraction of sp³-hybridized carbons (Fsp3) is 0.421. The molecular weight excluding hydrogens is 442 g/mol. The number of esters is 1. The second-order valence-corrected chi connectivity index (χ2v) is 14.2. The number of hydrogen-bond acceptors (Lipinski definition) is 5. The standard InChI is InChI=1S/C19H26BrN3O4Si/c1-13(24)21-17(19(25)26-2)11-16-15-10-14(20)6-7-18(15)23(22-16)12-27-8-9-28(3,4)5/h6-7,10-11H,8-9,12H2,1-5H3,(H,21,24)/b17-11-. The van der Waals surface area contributed by atoms with Crippen LogP contribution in [0.25, 0.3) is 17.0 Å². The highest BCUT2D eigenvalue weighted by Gasteiger charge is 2.16. The summed E-state index contributed by atoms with van der Waals surface area (Å²) in [7, 11) is 0.0939. The van der Waals surface area contributed by atoms with Crippen molar-refractivity contribution in [2.75, 3.05) is 13.7 Å². The Bertz CT molecular complexity index is 902. The topological polar surface area (TPSA) is 82.4 Å². The van der Waals surface area contributed by atoms with Gasteiger partial charge in [-0.2, -0.15) is 5.10 Å². The number of methoxy groups -OCH3 is 1. The van der Waals surface area contributed by atoms with E-state index in [4.69, 9.17) is 9.47 Å². The minimum absolute atomic E-state index is 0.0289. The van der Waals surface area contributed by atoms with Gasteiger partial charge in [0.25, 0.3) is 0 Å². The molecule has 0 saturated carbocycles. The zero-order valence-corrected chi connectivity index (χ0v) is 19.4. The van der Waals surface area contributed by atoms with Crippen LogP contribution in [0.15, 0.2) is 28.4 Å². The monoisotopic (exact) mass is 467 g/mol. The van der Waals surface area contributed by atoms with E-state index in [0.717, 1.165) is 21.4 Å². The molecule has 1 aromatic heterocycles. The van der Waals surface area contributed by atoms with Crippen LogP contribution in [0.2, 0.25) is 25.7 Å². The molecule has 0 spiro atoms. The number of hydrogen-bond donors (Lipinski definition) is 1. The Kier molecular flexibility index (Phi) is 7.56. The SMILES string of the molecule is COC(=O)/C(=C/c1nn(COCC[Si](C)(C)C)c2ccc(Br)cc12)NC(C)=O. The molecule has 152 valence electrons. The summed E-state index contributed by atoms with van der Waals surface area (Å²) in [6, 6.07) is 6.84. The van der Waals surface area contributed by atoms with E-state index in [9.17, 15) is 9.59 Å². The van der Waals surface area contributed by atoms with Gasteiger partial charge in [-0.25, -0.2) is 9.48 Å². The van der Waals surface area contributed by atoms with Crippen LogP contribution in [0.1, 0.15) is 12.6 Å². The van der Waals surface area contributed by atoms with Gasteiger partial charge in [0.1, 0.15) is 12.4 Å². The summed E-state index contributed by atoms with van der Waals surface area (Å²) in [5.41, 5.74) is 1.44. The second kappa shape index (κ2) is 9.49. The highest BCUT2D eigenvalue weighted by Crippen LogP contribution is 2.25. The molecule has 0 bridgehead atoms. The van der Waals surface area contributed by atoms with Gasteiger partial charge < -0.3 is 14.8 Å². The minimum Gasteiger partial charge on any atom is -0.464 e. The van der Waals surface area contributed by atoms with Crippen LogP contribution in [0.3, 0.4) is 0 Å². The van der Waals surface area contributed by atoms with Gasteiger partial charge in [-0.3, -0.25) is 4.79 Å². The highest BCUT2D eigenvalue weighted by molar-refractivity contribution is 9.10. The molecule has 2 rings (SSSR count). The number of fused-ring (bicyclic) bond motifs is 1. The maximum atomic E-state index is 12.0. The lowest BCUT2D eigenvalue weighted by atomic mass is 10.2. The predicted octanol–water partition coefficient (Wildman–Crippen LogP) is 3.76. The Labute approximate surface area is 174 Å². The fourth-order valence-corrected chi connectivity index (χ4v) is 3.61. The van der Waals surface area contributed by atoms with Crippen LogP contribution < -0.4 is 5.32 Å². The summed E-state index contributed by atoms with van der Waals surface area (Å²) in [5, 5.41) is 7.90. The number of nitrogens with one attached hydrogen (secondary N) is 1. The van der Waals surface area contributed by atoms with Crippen molar-refractivity contribution >= 4 is 52.9 Å². The Balaban J connectivity index is 2.37. The number of ether oxygens (including phenoxy) is 2. The molecule has 0 aliphatic heterocycles. The van der Waals surface area contributed by atoms with Crippen molar-refractivity contribution in [1.29, 1.82) is 0 Å². The Morgan fingerprint density at radius 2 is 2.04 bits per heavy atom. The molecule has 28 heavy (non-hydrogen) atoms. The number of amides is 1. The molecule has 1 amide bonds. The Hall–Kier alpha value is -1.97. The largest absolute Gasteiger partial charge is 0.464 e. The van der Waals surface area contributed by atoms with Gasteiger partial charge in [-0.15, -0.1) is 0 Å². The van der Waals surface area contributed by atoms with Gasteiger partial charge >= 0.3 is 5.97 Å². The first-order chi connectivity index (χ1) is 13.1. The smallest absolute Gasteiger partial charge is 0.354 e. The Morgan fingerprint density at radius 1 is 1.32 bits per heavy atom. The molecule has 0 unspecified atom stereocenters. The van der Waals surface area contributed by atoms with Gasteiger partial charge in [0, 0.05) is 31.5 Å². The van der Waals surface area contributed by atoms with E-state index >= 15 is 0 Å². The lowest BCUT2D eigenvalue weighted by Gasteiger charge is -2.15. The Morgan fingerprint density at radius 3 is 2.64 bits per heavy atom. The van der Waals surface area contributed by atoms with Crippen molar-refractivity contribution in [3.05, 3.63) is 34.1 Å². The lowest BCUT2D eigenvalue weighted by molar-refractivity contribution is -0.137. The van der Waals surface area contributed by atoms with Crippen molar-refractivity contribution in [1.82, 2.24) is 15.1 Å². The van der Waals surface area contributed by atoms with Crippen LogP contribution >= 0.6 is 15.9 Å². The van der Waals surface area contributed by atoms with E-state index < -0.39 is 14.0 Å². The van der Waals surface area contributed by atoms with Gasteiger partial charge in [-0.05, 0) is 30.3 Å². The third kappa shape index (κ3) is 6.28. The van der Waals surface area contributed by atoms with Crippen molar-refractivity contribution < 1.29 is 19.1 Å². The first-order valence-corrected chi connectivity index (χ1v) is 13.4. The third-order valence-electron chi connectivity index (χ3n) is 3.95. The second-order valence-electron chi connectivity index (χ2n) is 7.63. The molecule has 0 aliphatic carbocycles. The number of benzene rings is 1. The average molecular weight is 468 g/mol. The molecule has 0 radical (unpaired) electrons. The number of aromatic nitrogens is 2. The number of nitrogens with zero attached hydrogens (tertiary/aromatic N) is 2. The summed E-state index contributed by atoms with van der Waals surface area (Å²) in [6.07, 6.45) is 1.51. The number of carbonyl (C=O) groups is 2. The van der Waals surface area contributed by atoms with E-state index in [0.29, 0.717) is 19.0 Å². The first-order valence-electron chi connectivity index (χ1n) is 8.92. The minimum atomic E-state index is -1.17. The maximum Gasteiger partial charge on any atom is 0.354 e. The molecule has 0 saturated heterocycles. The van der Waals surface area contributed by atoms with Crippen molar-refractivity contribution in [3.8, 4) is 0 Å². The number of carbonyl (C=O) groups excluding carboxylic acids is 2. The van der Waals surface area contributed by atoms with Gasteiger partial charge in [0.15, 0.2) is 0 Å². The molecule has 1 aromatic carbocycles. The lowest BCUT2D eigenvalue weighted by Crippen LogP contribution is -2.25. The molecule has 0 aliphatic rings. The van der Waals surface area contributed by atoms with Gasteiger partial charge in [0.2, 0.25) is 5.91 Å². The third-order valence-corrected chi connectivity index (χ3v) is 6.15. The normalized spacial score (nSPS) is 12.3. The summed E-state index contributed by atoms with van der Waals surface area (Å²) in [6.45, 7) is 9.22. The molecule has 0 atom stereocenters.